The highest BCUT2D eigenvalue weighted by Crippen LogP contribution is 2.25. The van der Waals surface area contributed by atoms with Crippen molar-refractivity contribution in [3.8, 4) is 0 Å². The second kappa shape index (κ2) is 4.57. The van der Waals surface area contributed by atoms with Crippen molar-refractivity contribution < 1.29 is 4.43 Å². The monoisotopic (exact) mass is 216 g/mol. The first kappa shape index (κ1) is 13.1. The van der Waals surface area contributed by atoms with Gasteiger partial charge in [0, 0.05) is 5.22 Å². The highest BCUT2D eigenvalue weighted by Gasteiger charge is 2.37. The molecule has 0 spiro atoms. The molecule has 0 bridgehead atoms. The standard InChI is InChI=1S/C10H24OSi2/c1-8-13(6,7)10(4,5)11-12-9(2)3/h8-9H,1,12H2,2-7H3. The quantitative estimate of drug-likeness (QED) is 0.642. The van der Waals surface area contributed by atoms with Gasteiger partial charge in [0.2, 0.25) is 0 Å². The summed E-state index contributed by atoms with van der Waals surface area (Å²) in [7, 11) is -1.76. The normalized spacial score (nSPS) is 14.4. The summed E-state index contributed by atoms with van der Waals surface area (Å²) >= 11 is 0. The van der Waals surface area contributed by atoms with E-state index >= 15 is 0 Å². The van der Waals surface area contributed by atoms with E-state index in [0.717, 1.165) is 5.54 Å². The summed E-state index contributed by atoms with van der Waals surface area (Å²) in [4.78, 5) is 0. The van der Waals surface area contributed by atoms with Gasteiger partial charge in [0.25, 0.3) is 0 Å². The van der Waals surface area contributed by atoms with Crippen LogP contribution in [0.2, 0.25) is 18.6 Å². The second-order valence-electron chi connectivity index (χ2n) is 5.14. The lowest BCUT2D eigenvalue weighted by molar-refractivity contribution is 0.193. The lowest BCUT2D eigenvalue weighted by Gasteiger charge is -2.38. The molecule has 0 aliphatic heterocycles. The Balaban J connectivity index is 4.30. The van der Waals surface area contributed by atoms with Gasteiger partial charge >= 0.3 is 0 Å². The first-order valence-corrected chi connectivity index (χ1v) is 9.47. The van der Waals surface area contributed by atoms with E-state index < -0.39 is 8.07 Å². The molecule has 0 aromatic rings. The van der Waals surface area contributed by atoms with E-state index in [1.807, 2.05) is 0 Å². The van der Waals surface area contributed by atoms with E-state index in [4.69, 9.17) is 4.43 Å². The van der Waals surface area contributed by atoms with E-state index in [-0.39, 0.29) is 15.0 Å². The molecule has 0 aromatic heterocycles. The van der Waals surface area contributed by atoms with Gasteiger partial charge in [0.1, 0.15) is 8.07 Å². The van der Waals surface area contributed by atoms with E-state index in [1.165, 1.54) is 0 Å². The fraction of sp³-hybridized carbons (Fsp3) is 0.800. The molecule has 13 heavy (non-hydrogen) atoms. The third kappa shape index (κ3) is 3.79. The molecule has 0 radical (unpaired) electrons. The average molecular weight is 216 g/mol. The molecule has 0 rings (SSSR count). The van der Waals surface area contributed by atoms with Crippen LogP contribution in [0.5, 0.6) is 0 Å². The Bertz CT molecular complexity index is 174. The lowest BCUT2D eigenvalue weighted by Crippen LogP contribution is -2.51. The molecule has 0 saturated heterocycles. The molecule has 0 aliphatic rings. The Morgan fingerprint density at radius 1 is 1.38 bits per heavy atom. The molecular formula is C10H24OSi2. The third-order valence-corrected chi connectivity index (χ3v) is 8.95. The Kier molecular flexibility index (Phi) is 4.62. The van der Waals surface area contributed by atoms with Gasteiger partial charge in [-0.2, -0.15) is 0 Å². The summed E-state index contributed by atoms with van der Waals surface area (Å²) in [5.74, 6) is 0. The molecule has 0 fully saturated rings. The minimum atomic E-state index is -1.40. The third-order valence-electron chi connectivity index (χ3n) is 2.84. The number of hydrogen-bond donors (Lipinski definition) is 0. The summed E-state index contributed by atoms with van der Waals surface area (Å²) < 4.78 is 6.08. The minimum absolute atomic E-state index is 0.0608. The summed E-state index contributed by atoms with van der Waals surface area (Å²) in [6.07, 6.45) is 0. The van der Waals surface area contributed by atoms with E-state index in [2.05, 4.69) is 53.1 Å². The van der Waals surface area contributed by atoms with Crippen LogP contribution in [0.1, 0.15) is 27.7 Å². The molecule has 0 N–H and O–H groups in total. The maximum atomic E-state index is 6.08. The highest BCUT2D eigenvalue weighted by molar-refractivity contribution is 6.84. The molecule has 3 heteroatoms. The first-order chi connectivity index (χ1) is 5.73. The summed E-state index contributed by atoms with van der Waals surface area (Å²) in [6.45, 7) is 17.5. The second-order valence-corrected chi connectivity index (χ2v) is 12.5. The van der Waals surface area contributed by atoms with Crippen molar-refractivity contribution >= 4 is 17.8 Å². The molecular weight excluding hydrogens is 192 g/mol. The van der Waals surface area contributed by atoms with Gasteiger partial charge in [-0.1, -0.05) is 32.6 Å². The fourth-order valence-electron chi connectivity index (χ4n) is 0.807. The zero-order valence-corrected chi connectivity index (χ0v) is 12.4. The average Bonchev–Trinajstić information content (AvgIpc) is 2.01. The highest BCUT2D eigenvalue weighted by atomic mass is 28.3. The van der Waals surface area contributed by atoms with Crippen molar-refractivity contribution in [2.75, 3.05) is 0 Å². The zero-order chi connectivity index (χ0) is 10.7. The van der Waals surface area contributed by atoms with Gasteiger partial charge < -0.3 is 4.43 Å². The predicted octanol–water partition coefficient (Wildman–Crippen LogP) is 2.67. The molecule has 0 aliphatic carbocycles. The van der Waals surface area contributed by atoms with Crippen molar-refractivity contribution in [3.05, 3.63) is 12.3 Å². The maximum Gasteiger partial charge on any atom is 0.164 e. The van der Waals surface area contributed by atoms with Crippen LogP contribution >= 0.6 is 0 Å². The van der Waals surface area contributed by atoms with Gasteiger partial charge in [-0.15, -0.1) is 6.58 Å². The lowest BCUT2D eigenvalue weighted by atomic mass is 10.5. The van der Waals surface area contributed by atoms with Crippen molar-refractivity contribution in [2.24, 2.45) is 0 Å². The number of rotatable bonds is 5. The van der Waals surface area contributed by atoms with E-state index in [9.17, 15) is 0 Å². The van der Waals surface area contributed by atoms with Crippen molar-refractivity contribution in [2.45, 2.75) is 51.6 Å². The smallest absolute Gasteiger partial charge is 0.164 e. The van der Waals surface area contributed by atoms with Crippen molar-refractivity contribution in [1.82, 2.24) is 0 Å². The van der Waals surface area contributed by atoms with Crippen LogP contribution in [0.3, 0.4) is 0 Å². The fourth-order valence-corrected chi connectivity index (χ4v) is 3.79. The van der Waals surface area contributed by atoms with Crippen LogP contribution in [0.15, 0.2) is 12.3 Å². The van der Waals surface area contributed by atoms with Crippen LogP contribution in [0, 0.1) is 0 Å². The van der Waals surface area contributed by atoms with Crippen LogP contribution in [0.25, 0.3) is 0 Å². The minimum Gasteiger partial charge on any atom is -0.421 e. The Morgan fingerprint density at radius 2 is 1.85 bits per heavy atom. The summed E-state index contributed by atoms with van der Waals surface area (Å²) in [6, 6.07) is 0. The molecule has 0 unspecified atom stereocenters. The van der Waals surface area contributed by atoms with Crippen LogP contribution < -0.4 is 0 Å². The van der Waals surface area contributed by atoms with Crippen LogP contribution in [-0.4, -0.2) is 23.1 Å². The van der Waals surface area contributed by atoms with Crippen molar-refractivity contribution in [3.63, 3.8) is 0 Å². The van der Waals surface area contributed by atoms with E-state index in [1.54, 1.807) is 0 Å². The Hall–Kier alpha value is 0.134. The summed E-state index contributed by atoms with van der Waals surface area (Å²) in [5, 5.41) is 0.0608. The van der Waals surface area contributed by atoms with Gasteiger partial charge in [0.05, 0.1) is 0 Å². The molecule has 0 heterocycles. The zero-order valence-electron chi connectivity index (χ0n) is 9.98. The maximum absolute atomic E-state index is 6.08. The van der Waals surface area contributed by atoms with Gasteiger partial charge in [-0.05, 0) is 19.4 Å². The van der Waals surface area contributed by atoms with Crippen LogP contribution in [-0.2, 0) is 4.43 Å². The van der Waals surface area contributed by atoms with E-state index in [0.29, 0.717) is 0 Å². The molecule has 1 nitrogen and oxygen atoms in total. The van der Waals surface area contributed by atoms with Gasteiger partial charge in [0.15, 0.2) is 9.76 Å². The predicted molar refractivity (Wildman–Crippen MR) is 66.5 cm³/mol. The first-order valence-electron chi connectivity index (χ1n) is 5.00. The molecule has 0 atom stereocenters. The molecule has 0 saturated carbocycles. The van der Waals surface area contributed by atoms with Gasteiger partial charge in [-0.3, -0.25) is 0 Å². The summed E-state index contributed by atoms with van der Waals surface area (Å²) in [5.41, 5.74) is 2.87. The topological polar surface area (TPSA) is 9.23 Å². The van der Waals surface area contributed by atoms with Gasteiger partial charge in [-0.25, -0.2) is 0 Å². The van der Waals surface area contributed by atoms with Crippen molar-refractivity contribution in [1.29, 1.82) is 0 Å². The largest absolute Gasteiger partial charge is 0.421 e. The van der Waals surface area contributed by atoms with Crippen LogP contribution in [0.4, 0.5) is 0 Å². The Morgan fingerprint density at radius 3 is 2.15 bits per heavy atom. The number of hydrogen-bond acceptors (Lipinski definition) is 1. The SMILES string of the molecule is C=C[Si](C)(C)C(C)(C)O[SiH2]C(C)C. The molecule has 0 amide bonds. The Labute approximate surface area is 86.5 Å². The molecule has 78 valence electrons. The molecule has 0 aromatic carbocycles.